The van der Waals surface area contributed by atoms with Crippen molar-refractivity contribution in [2.24, 2.45) is 0 Å². The fourth-order valence-corrected chi connectivity index (χ4v) is 4.98. The highest BCUT2D eigenvalue weighted by Gasteiger charge is 2.32. The monoisotopic (exact) mass is 539 g/mol. The highest BCUT2D eigenvalue weighted by atomic mass is 19.1. The Balaban J connectivity index is 1.25. The van der Waals surface area contributed by atoms with Gasteiger partial charge < -0.3 is 23.7 Å². The molecule has 1 aromatic carbocycles. The van der Waals surface area contributed by atoms with Crippen LogP contribution >= 0.6 is 0 Å². The highest BCUT2D eigenvalue weighted by molar-refractivity contribution is 5.74. The van der Waals surface area contributed by atoms with Crippen LogP contribution in [0.5, 0.6) is 11.5 Å². The van der Waals surface area contributed by atoms with E-state index in [1.54, 1.807) is 21.7 Å². The summed E-state index contributed by atoms with van der Waals surface area (Å²) >= 11 is 0. The van der Waals surface area contributed by atoms with Gasteiger partial charge in [0.15, 0.2) is 11.5 Å². The van der Waals surface area contributed by atoms with Crippen LogP contribution in [0, 0.1) is 5.82 Å². The van der Waals surface area contributed by atoms with E-state index in [4.69, 9.17) is 14.2 Å². The van der Waals surface area contributed by atoms with Crippen LogP contribution in [0.25, 0.3) is 11.0 Å². The summed E-state index contributed by atoms with van der Waals surface area (Å²) in [4.78, 5) is 38.4. The summed E-state index contributed by atoms with van der Waals surface area (Å²) in [5, 5.41) is 0. The number of aromatic nitrogens is 3. The smallest absolute Gasteiger partial charge is 0.410 e. The molecule has 0 unspecified atom stereocenters. The molecule has 11 heteroatoms. The number of rotatable bonds is 6. The quantitative estimate of drug-likeness (QED) is 0.469. The summed E-state index contributed by atoms with van der Waals surface area (Å²) in [6.45, 7) is 9.45. The van der Waals surface area contributed by atoms with Crippen LogP contribution in [0.4, 0.5) is 9.18 Å². The van der Waals surface area contributed by atoms with E-state index >= 15 is 0 Å². The summed E-state index contributed by atoms with van der Waals surface area (Å²) in [5.74, 6) is 0.850. The molecule has 2 aliphatic heterocycles. The van der Waals surface area contributed by atoms with Crippen LogP contribution in [0.15, 0.2) is 41.5 Å². The fourth-order valence-electron chi connectivity index (χ4n) is 4.98. The maximum Gasteiger partial charge on any atom is 0.410 e. The Morgan fingerprint density at radius 1 is 1.08 bits per heavy atom. The van der Waals surface area contributed by atoms with Gasteiger partial charge >= 0.3 is 6.09 Å². The number of piperidine rings is 1. The summed E-state index contributed by atoms with van der Waals surface area (Å²) < 4.78 is 32.3. The van der Waals surface area contributed by atoms with Crippen LogP contribution in [-0.2, 0) is 17.8 Å². The van der Waals surface area contributed by atoms with E-state index in [0.717, 1.165) is 25.9 Å². The molecular formula is C28H34FN5O5. The Morgan fingerprint density at radius 3 is 2.56 bits per heavy atom. The van der Waals surface area contributed by atoms with Gasteiger partial charge in [-0.1, -0.05) is 0 Å². The largest absolute Gasteiger partial charge is 0.486 e. The van der Waals surface area contributed by atoms with Crippen molar-refractivity contribution in [3.05, 3.63) is 58.5 Å². The summed E-state index contributed by atoms with van der Waals surface area (Å²) in [6.07, 6.45) is 4.00. The van der Waals surface area contributed by atoms with Crippen molar-refractivity contribution < 1.29 is 23.4 Å². The minimum Gasteiger partial charge on any atom is -0.486 e. The predicted molar refractivity (Wildman–Crippen MR) is 142 cm³/mol. The van der Waals surface area contributed by atoms with Crippen LogP contribution in [0.2, 0.25) is 0 Å². The first kappa shape index (κ1) is 26.9. The van der Waals surface area contributed by atoms with Crippen molar-refractivity contribution in [1.29, 1.82) is 0 Å². The summed E-state index contributed by atoms with van der Waals surface area (Å²) in [7, 11) is 0. The fraction of sp³-hybridized carbons (Fsp3) is 0.500. The number of hydrogen-bond acceptors (Lipinski definition) is 8. The average Bonchev–Trinajstić information content (AvgIpc) is 2.90. The van der Waals surface area contributed by atoms with Gasteiger partial charge in [-0.3, -0.25) is 14.7 Å². The molecule has 0 radical (unpaired) electrons. The number of likely N-dealkylation sites (tertiary alicyclic amines) is 1. The maximum atomic E-state index is 13.6. The van der Waals surface area contributed by atoms with Gasteiger partial charge in [0.1, 0.15) is 24.6 Å². The van der Waals surface area contributed by atoms with Gasteiger partial charge in [0.25, 0.3) is 5.56 Å². The number of nitrogens with zero attached hydrogens (tertiary/aromatic N) is 5. The topological polar surface area (TPSA) is 99.0 Å². The second-order valence-corrected chi connectivity index (χ2v) is 10.9. The van der Waals surface area contributed by atoms with E-state index in [2.05, 4.69) is 14.9 Å². The molecule has 0 N–H and O–H groups in total. The summed E-state index contributed by atoms with van der Waals surface area (Å²) in [5.41, 5.74) is 0.926. The molecule has 0 atom stereocenters. The van der Waals surface area contributed by atoms with E-state index in [1.807, 2.05) is 26.8 Å². The molecule has 39 heavy (non-hydrogen) atoms. The number of pyridine rings is 1. The second kappa shape index (κ2) is 11.2. The van der Waals surface area contributed by atoms with E-state index in [0.29, 0.717) is 61.1 Å². The number of fused-ring (bicyclic) bond motifs is 2. The predicted octanol–water partition coefficient (Wildman–Crippen LogP) is 3.60. The first-order valence-corrected chi connectivity index (χ1v) is 13.3. The van der Waals surface area contributed by atoms with Gasteiger partial charge in [-0.05, 0) is 45.7 Å². The van der Waals surface area contributed by atoms with Crippen LogP contribution < -0.4 is 15.0 Å². The van der Waals surface area contributed by atoms with Gasteiger partial charge in [0.2, 0.25) is 0 Å². The molecule has 5 rings (SSSR count). The number of carbonyl (C=O) groups is 1. The molecule has 4 heterocycles. The molecule has 0 spiro atoms. The molecule has 0 aliphatic carbocycles. The number of amides is 1. The SMILES string of the molecule is CC(C)(C)OC(=O)N(Cc1cc2c(cn1)OCCO2)C1CCN(CCn2c(=O)cnc3cc(F)ccc32)CC1. The minimum absolute atomic E-state index is 0.0291. The second-order valence-electron chi connectivity index (χ2n) is 10.9. The molecule has 3 aromatic rings. The molecule has 208 valence electrons. The molecule has 10 nitrogen and oxygen atoms in total. The van der Waals surface area contributed by atoms with E-state index in [9.17, 15) is 14.0 Å². The number of ether oxygens (including phenoxy) is 3. The zero-order valence-electron chi connectivity index (χ0n) is 22.6. The number of carbonyl (C=O) groups excluding carboxylic acids is 1. The van der Waals surface area contributed by atoms with Crippen molar-refractivity contribution in [2.75, 3.05) is 32.8 Å². The standard InChI is InChI=1S/C28H34FN5O5/c1-28(2,3)39-27(36)34(18-20-15-24-25(16-30-20)38-13-12-37-24)21-6-8-32(9-7-21)10-11-33-23-5-4-19(29)14-22(23)31-17-26(33)35/h4-5,14-17,21H,6-13,18H2,1-3H3. The third-order valence-electron chi connectivity index (χ3n) is 6.89. The Labute approximate surface area is 226 Å². The molecule has 1 saturated heterocycles. The van der Waals surface area contributed by atoms with Crippen LogP contribution in [0.3, 0.4) is 0 Å². The lowest BCUT2D eigenvalue weighted by Gasteiger charge is -2.39. The third-order valence-corrected chi connectivity index (χ3v) is 6.89. The van der Waals surface area contributed by atoms with Crippen molar-refractivity contribution >= 4 is 17.1 Å². The molecular weight excluding hydrogens is 505 g/mol. The average molecular weight is 540 g/mol. The maximum absolute atomic E-state index is 13.6. The van der Waals surface area contributed by atoms with Crippen molar-refractivity contribution in [1.82, 2.24) is 24.3 Å². The van der Waals surface area contributed by atoms with Gasteiger partial charge in [-0.15, -0.1) is 0 Å². The first-order valence-electron chi connectivity index (χ1n) is 13.3. The Hall–Kier alpha value is -3.73. The number of halogens is 1. The summed E-state index contributed by atoms with van der Waals surface area (Å²) in [6, 6.07) is 6.06. The Kier molecular flexibility index (Phi) is 7.69. The number of hydrogen-bond donors (Lipinski definition) is 0. The highest BCUT2D eigenvalue weighted by Crippen LogP contribution is 2.30. The van der Waals surface area contributed by atoms with Gasteiger partial charge in [0.05, 0.1) is 35.7 Å². The first-order chi connectivity index (χ1) is 18.7. The van der Waals surface area contributed by atoms with E-state index in [1.165, 1.54) is 18.3 Å². The van der Waals surface area contributed by atoms with Gasteiger partial charge in [-0.2, -0.15) is 0 Å². The van der Waals surface area contributed by atoms with Crippen molar-refractivity contribution in [3.8, 4) is 11.5 Å². The van der Waals surface area contributed by atoms with Gasteiger partial charge in [0, 0.05) is 44.4 Å². The zero-order valence-corrected chi connectivity index (χ0v) is 22.6. The third kappa shape index (κ3) is 6.47. The van der Waals surface area contributed by atoms with E-state index in [-0.39, 0.29) is 23.5 Å². The zero-order chi connectivity index (χ0) is 27.6. The minimum atomic E-state index is -0.625. The molecule has 1 fully saturated rings. The lowest BCUT2D eigenvalue weighted by atomic mass is 10.0. The lowest BCUT2D eigenvalue weighted by molar-refractivity contribution is 0.00529. The normalized spacial score (nSPS) is 16.3. The number of benzene rings is 1. The molecule has 1 amide bonds. The lowest BCUT2D eigenvalue weighted by Crippen LogP contribution is -2.49. The van der Waals surface area contributed by atoms with Crippen LogP contribution in [-0.4, -0.2) is 74.9 Å². The molecule has 0 saturated carbocycles. The van der Waals surface area contributed by atoms with Crippen LogP contribution in [0.1, 0.15) is 39.3 Å². The molecule has 2 aromatic heterocycles. The Bertz CT molecular complexity index is 1400. The van der Waals surface area contributed by atoms with Gasteiger partial charge in [-0.25, -0.2) is 14.2 Å². The van der Waals surface area contributed by atoms with E-state index < -0.39 is 5.60 Å². The molecule has 0 bridgehead atoms. The van der Waals surface area contributed by atoms with Crippen molar-refractivity contribution in [2.45, 2.75) is 58.3 Å². The molecule has 2 aliphatic rings. The van der Waals surface area contributed by atoms with Crippen molar-refractivity contribution in [3.63, 3.8) is 0 Å². The Morgan fingerprint density at radius 2 is 1.82 bits per heavy atom.